The molecule has 296 valence electrons. The first-order valence-corrected chi connectivity index (χ1v) is 16.1. The number of carbonyl (C=O) groups excluding carboxylic acids is 2. The summed E-state index contributed by atoms with van der Waals surface area (Å²) < 4.78 is 39.7. The molecule has 4 aliphatic rings. The van der Waals surface area contributed by atoms with Crippen LogP contribution < -0.4 is 10.6 Å². The van der Waals surface area contributed by atoms with Crippen molar-refractivity contribution in [3.8, 4) is 0 Å². The quantitative estimate of drug-likeness (QED) is 0.0881. The molecule has 23 nitrogen and oxygen atoms in total. The molecule has 51 heavy (non-hydrogen) atoms. The van der Waals surface area contributed by atoms with Crippen molar-refractivity contribution in [1.82, 2.24) is 10.6 Å². The lowest BCUT2D eigenvalue weighted by atomic mass is 9.94. The summed E-state index contributed by atoms with van der Waals surface area (Å²) in [6, 6.07) is -3.11. The first-order valence-electron chi connectivity index (χ1n) is 16.1. The van der Waals surface area contributed by atoms with Crippen LogP contribution in [0.1, 0.15) is 13.8 Å². The lowest BCUT2D eigenvalue weighted by molar-refractivity contribution is -0.390. The fourth-order valence-electron chi connectivity index (χ4n) is 6.34. The molecule has 0 unspecified atom stereocenters. The topological polar surface area (TPSA) is 366 Å². The third-order valence-electron chi connectivity index (χ3n) is 9.01. The zero-order valence-corrected chi connectivity index (χ0v) is 27.4. The molecule has 4 heterocycles. The molecule has 0 aromatic heterocycles. The molecule has 0 aromatic carbocycles. The molecule has 0 saturated carbocycles. The second kappa shape index (κ2) is 18.0. The van der Waals surface area contributed by atoms with Crippen molar-refractivity contribution in [2.45, 2.75) is 137 Å². The van der Waals surface area contributed by atoms with Crippen LogP contribution in [-0.2, 0) is 42.7 Å². The standard InChI is InChI=1S/C28H48N2O21/c1-7(35)29-13-18(40)15(37)9(3-31)46-26(13)51-24-21(43)28(50-23-14(30-8(2)36)25(44)45-11(5-33)17(23)39)48-12(6-34)22(24)49-27-20(42)19(41)16(38)10(4-32)47-27/h9-28,31-34,37-44H,3-6H2,1-2H3,(H,29,35)(H,30,36)/t9-,10-,11-,12-,13-,14-,15-,16-,17-,18-,19+,20-,21-,22+,23-,24-,25-,26+,27-,28-/m1/s1. The van der Waals surface area contributed by atoms with Gasteiger partial charge in [0.15, 0.2) is 25.2 Å². The summed E-state index contributed by atoms with van der Waals surface area (Å²) in [6.07, 6.45) is -32.3. The van der Waals surface area contributed by atoms with Crippen molar-refractivity contribution >= 4 is 11.8 Å². The van der Waals surface area contributed by atoms with Crippen molar-refractivity contribution in [2.24, 2.45) is 0 Å². The lowest BCUT2D eigenvalue weighted by Gasteiger charge is -2.51. The number of rotatable bonds is 12. The van der Waals surface area contributed by atoms with E-state index in [-0.39, 0.29) is 0 Å². The van der Waals surface area contributed by atoms with Crippen LogP contribution in [0.5, 0.6) is 0 Å². The molecule has 4 fully saturated rings. The molecule has 4 aliphatic heterocycles. The molecule has 4 rings (SSSR count). The highest BCUT2D eigenvalue weighted by Gasteiger charge is 2.56. The second-order valence-corrected chi connectivity index (χ2v) is 12.6. The van der Waals surface area contributed by atoms with E-state index in [1.165, 1.54) is 0 Å². The van der Waals surface area contributed by atoms with E-state index in [0.29, 0.717) is 0 Å². The zero-order valence-electron chi connectivity index (χ0n) is 27.4. The summed E-state index contributed by atoms with van der Waals surface area (Å²) in [5, 5.41) is 130. The molecule has 0 radical (unpaired) electrons. The van der Waals surface area contributed by atoms with E-state index in [2.05, 4.69) is 10.6 Å². The highest BCUT2D eigenvalue weighted by Crippen LogP contribution is 2.35. The summed E-state index contributed by atoms with van der Waals surface area (Å²) in [5.41, 5.74) is 0. The van der Waals surface area contributed by atoms with E-state index < -0.39 is 161 Å². The minimum atomic E-state index is -2.13. The van der Waals surface area contributed by atoms with Gasteiger partial charge in [-0.15, -0.1) is 0 Å². The van der Waals surface area contributed by atoms with Gasteiger partial charge in [-0.25, -0.2) is 0 Å². The van der Waals surface area contributed by atoms with Crippen molar-refractivity contribution < 1.29 is 104 Å². The molecule has 20 atom stereocenters. The average molecular weight is 749 g/mol. The van der Waals surface area contributed by atoms with Crippen LogP contribution in [0.3, 0.4) is 0 Å². The molecule has 23 heteroatoms. The molecular formula is C28H48N2O21. The highest BCUT2D eigenvalue weighted by atomic mass is 16.8. The average Bonchev–Trinajstić information content (AvgIpc) is 3.09. The number of hydrogen-bond donors (Lipinski definition) is 14. The van der Waals surface area contributed by atoms with Gasteiger partial charge >= 0.3 is 0 Å². The van der Waals surface area contributed by atoms with E-state index in [9.17, 15) is 70.9 Å². The Bertz CT molecular complexity index is 1140. The van der Waals surface area contributed by atoms with Crippen molar-refractivity contribution in [3.05, 3.63) is 0 Å². The maximum Gasteiger partial charge on any atom is 0.217 e. The summed E-state index contributed by atoms with van der Waals surface area (Å²) in [5.74, 6) is -1.45. The molecule has 0 aliphatic carbocycles. The Hall–Kier alpha value is -1.82. The highest BCUT2D eigenvalue weighted by molar-refractivity contribution is 5.73. The van der Waals surface area contributed by atoms with E-state index in [4.69, 9.17) is 33.2 Å². The predicted molar refractivity (Wildman–Crippen MR) is 157 cm³/mol. The van der Waals surface area contributed by atoms with Crippen LogP contribution in [0.2, 0.25) is 0 Å². The van der Waals surface area contributed by atoms with Crippen LogP contribution in [0.25, 0.3) is 0 Å². The second-order valence-electron chi connectivity index (χ2n) is 12.6. The lowest BCUT2D eigenvalue weighted by Crippen LogP contribution is -2.70. The van der Waals surface area contributed by atoms with Crippen LogP contribution in [0.15, 0.2) is 0 Å². The molecule has 4 saturated heterocycles. The van der Waals surface area contributed by atoms with Gasteiger partial charge in [-0.3, -0.25) is 9.59 Å². The molecule has 0 bridgehead atoms. The van der Waals surface area contributed by atoms with E-state index in [1.54, 1.807) is 0 Å². The van der Waals surface area contributed by atoms with Crippen LogP contribution in [0, 0.1) is 0 Å². The van der Waals surface area contributed by atoms with E-state index in [1.807, 2.05) is 0 Å². The Kier molecular flexibility index (Phi) is 14.8. The van der Waals surface area contributed by atoms with E-state index in [0.717, 1.165) is 13.8 Å². The Labute approximate surface area is 289 Å². The number of aliphatic hydroxyl groups excluding tert-OH is 12. The van der Waals surface area contributed by atoms with Gasteiger partial charge in [0.05, 0.1) is 26.4 Å². The maximum absolute atomic E-state index is 12.1. The van der Waals surface area contributed by atoms with Gasteiger partial charge in [0, 0.05) is 13.8 Å². The number of nitrogens with one attached hydrogen (secondary N) is 2. The number of ether oxygens (including phenoxy) is 7. The van der Waals surface area contributed by atoms with E-state index >= 15 is 0 Å². The first kappa shape index (κ1) is 41.9. The SMILES string of the molecule is CC(=O)N[C@@H]1[C@@H](O[C@H]2O[C@H](CO)[C@H](O[C@H]3O[C@H](CO)[C@@H](O)[C@H](O)[C@H]3O)[C@H](O[C@@H]3O[C@H](CO)[C@@H](O)[C@H](O)[C@H]3NC(C)=O)[C@H]2O)[C@H](O)[C@@H](CO)O[C@H]1O. The molecule has 2 amide bonds. The smallest absolute Gasteiger partial charge is 0.217 e. The van der Waals surface area contributed by atoms with Gasteiger partial charge in [-0.1, -0.05) is 0 Å². The van der Waals surface area contributed by atoms with Gasteiger partial charge in [0.2, 0.25) is 11.8 Å². The van der Waals surface area contributed by atoms with Gasteiger partial charge in [-0.2, -0.15) is 0 Å². The zero-order chi connectivity index (χ0) is 37.9. The maximum atomic E-state index is 12.1. The Morgan fingerprint density at radius 3 is 1.45 bits per heavy atom. The van der Waals surface area contributed by atoms with Crippen LogP contribution in [0.4, 0.5) is 0 Å². The van der Waals surface area contributed by atoms with Gasteiger partial charge < -0.3 is 105 Å². The molecule has 0 aromatic rings. The number of aliphatic hydroxyl groups is 12. The van der Waals surface area contributed by atoms with Crippen LogP contribution in [-0.4, -0.2) is 222 Å². The fraction of sp³-hybridized carbons (Fsp3) is 0.929. The largest absolute Gasteiger partial charge is 0.394 e. The molecule has 0 spiro atoms. The Balaban J connectivity index is 1.72. The predicted octanol–water partition coefficient (Wildman–Crippen LogP) is -9.46. The van der Waals surface area contributed by atoms with Gasteiger partial charge in [0.1, 0.15) is 97.5 Å². The number of hydrogen-bond acceptors (Lipinski definition) is 21. The van der Waals surface area contributed by atoms with Crippen molar-refractivity contribution in [2.75, 3.05) is 26.4 Å². The minimum Gasteiger partial charge on any atom is -0.394 e. The summed E-state index contributed by atoms with van der Waals surface area (Å²) >= 11 is 0. The molecule has 14 N–H and O–H groups in total. The van der Waals surface area contributed by atoms with Crippen molar-refractivity contribution in [1.29, 1.82) is 0 Å². The van der Waals surface area contributed by atoms with Crippen molar-refractivity contribution in [3.63, 3.8) is 0 Å². The third kappa shape index (κ3) is 9.11. The number of amides is 2. The summed E-state index contributed by atoms with van der Waals surface area (Å²) in [6.45, 7) is -1.39. The first-order chi connectivity index (χ1) is 24.1. The van der Waals surface area contributed by atoms with Crippen LogP contribution >= 0.6 is 0 Å². The summed E-state index contributed by atoms with van der Waals surface area (Å²) in [7, 11) is 0. The monoisotopic (exact) mass is 748 g/mol. The normalized spacial score (nSPS) is 47.8. The summed E-state index contributed by atoms with van der Waals surface area (Å²) in [4.78, 5) is 24.0. The minimum absolute atomic E-state index is 0.712. The van der Waals surface area contributed by atoms with Gasteiger partial charge in [-0.05, 0) is 0 Å². The third-order valence-corrected chi connectivity index (χ3v) is 9.01. The fourth-order valence-corrected chi connectivity index (χ4v) is 6.34. The Morgan fingerprint density at radius 2 is 0.902 bits per heavy atom. The molecular weight excluding hydrogens is 700 g/mol. The Morgan fingerprint density at radius 1 is 0.471 bits per heavy atom. The number of carbonyl (C=O) groups is 2. The van der Waals surface area contributed by atoms with Gasteiger partial charge in [0.25, 0.3) is 0 Å².